The first-order chi connectivity index (χ1) is 14.8. The molecule has 0 saturated carbocycles. The van der Waals surface area contributed by atoms with E-state index in [1.807, 2.05) is 45.0 Å². The molecule has 0 spiro atoms. The predicted molar refractivity (Wildman–Crippen MR) is 124 cm³/mol. The number of aliphatic hydroxyl groups is 1. The van der Waals surface area contributed by atoms with E-state index in [-0.39, 0.29) is 5.92 Å². The van der Waals surface area contributed by atoms with Crippen LogP contribution in [-0.2, 0) is 4.74 Å². The molecule has 0 bridgehead atoms. The number of hydrogen-bond donors (Lipinski definition) is 2. The molecule has 158 valence electrons. The van der Waals surface area contributed by atoms with E-state index in [2.05, 4.69) is 47.8 Å². The highest BCUT2D eigenvalue weighted by Crippen LogP contribution is 2.45. The minimum atomic E-state index is -0.791. The highest BCUT2D eigenvalue weighted by Gasteiger charge is 2.26. The van der Waals surface area contributed by atoms with Gasteiger partial charge in [-0.05, 0) is 60.7 Å². The van der Waals surface area contributed by atoms with Crippen LogP contribution in [0.1, 0.15) is 49.5 Å². The standard InChI is InChI=1S/C27H27NO3/c1-27(2,3)31-26(30)28-19-10-8-9-18(17-19)25(29)16-15-24-22-13-6-4-11-20(22)21-12-5-7-14-23(21)24/h4-17,24-25,29H,1-3H3,(H,28,30). The Morgan fingerprint density at radius 3 is 2.19 bits per heavy atom. The fraction of sp³-hybridized carbons (Fsp3) is 0.222. The number of allylic oxidation sites excluding steroid dienone is 1. The quantitative estimate of drug-likeness (QED) is 0.484. The van der Waals surface area contributed by atoms with Crippen molar-refractivity contribution in [2.24, 2.45) is 0 Å². The number of benzene rings is 3. The third-order valence-electron chi connectivity index (χ3n) is 5.24. The maximum atomic E-state index is 12.0. The third-order valence-corrected chi connectivity index (χ3v) is 5.24. The van der Waals surface area contributed by atoms with Gasteiger partial charge >= 0.3 is 6.09 Å². The molecule has 0 radical (unpaired) electrons. The van der Waals surface area contributed by atoms with Crippen LogP contribution in [0, 0.1) is 0 Å². The number of hydrogen-bond acceptors (Lipinski definition) is 3. The molecule has 0 saturated heterocycles. The second kappa shape index (κ2) is 8.40. The van der Waals surface area contributed by atoms with E-state index in [1.54, 1.807) is 18.2 Å². The molecule has 1 aliphatic carbocycles. The number of ether oxygens (including phenoxy) is 1. The van der Waals surface area contributed by atoms with Gasteiger partial charge in [0, 0.05) is 11.6 Å². The first-order valence-corrected chi connectivity index (χ1v) is 10.5. The highest BCUT2D eigenvalue weighted by atomic mass is 16.6. The third kappa shape index (κ3) is 4.70. The molecular weight excluding hydrogens is 386 g/mol. The second-order valence-electron chi connectivity index (χ2n) is 8.73. The summed E-state index contributed by atoms with van der Waals surface area (Å²) in [5.74, 6) is 0.102. The summed E-state index contributed by atoms with van der Waals surface area (Å²) in [7, 11) is 0. The van der Waals surface area contributed by atoms with Crippen molar-refractivity contribution < 1.29 is 14.6 Å². The van der Waals surface area contributed by atoms with Crippen LogP contribution in [0.5, 0.6) is 0 Å². The van der Waals surface area contributed by atoms with Gasteiger partial charge in [-0.15, -0.1) is 0 Å². The van der Waals surface area contributed by atoms with Crippen molar-refractivity contribution in [3.8, 4) is 11.1 Å². The molecule has 2 N–H and O–H groups in total. The fourth-order valence-corrected chi connectivity index (χ4v) is 3.95. The molecule has 0 aliphatic heterocycles. The van der Waals surface area contributed by atoms with E-state index < -0.39 is 17.8 Å². The smallest absolute Gasteiger partial charge is 0.412 e. The van der Waals surface area contributed by atoms with Crippen LogP contribution in [-0.4, -0.2) is 16.8 Å². The normalized spacial score (nSPS) is 14.2. The number of rotatable bonds is 4. The largest absolute Gasteiger partial charge is 0.444 e. The summed E-state index contributed by atoms with van der Waals surface area (Å²) >= 11 is 0. The molecule has 4 heteroatoms. The Kier molecular flexibility index (Phi) is 5.66. The molecule has 1 aliphatic rings. The monoisotopic (exact) mass is 413 g/mol. The highest BCUT2D eigenvalue weighted by molar-refractivity contribution is 5.85. The Bertz CT molecular complexity index is 1080. The zero-order chi connectivity index (χ0) is 22.0. The van der Waals surface area contributed by atoms with Gasteiger partial charge in [0.05, 0.1) is 6.10 Å². The van der Waals surface area contributed by atoms with E-state index in [4.69, 9.17) is 4.74 Å². The van der Waals surface area contributed by atoms with Crippen molar-refractivity contribution in [2.75, 3.05) is 5.32 Å². The fourth-order valence-electron chi connectivity index (χ4n) is 3.95. The number of carbonyl (C=O) groups excluding carboxylic acids is 1. The SMILES string of the molecule is CC(C)(C)OC(=O)Nc1cccc(C(O)C=CC2c3ccccc3-c3ccccc32)c1. The van der Waals surface area contributed by atoms with Gasteiger partial charge < -0.3 is 9.84 Å². The van der Waals surface area contributed by atoms with Crippen molar-refractivity contribution >= 4 is 11.8 Å². The summed E-state index contributed by atoms with van der Waals surface area (Å²) in [6, 6.07) is 24.0. The van der Waals surface area contributed by atoms with E-state index in [0.717, 1.165) is 0 Å². The zero-order valence-corrected chi connectivity index (χ0v) is 18.0. The van der Waals surface area contributed by atoms with E-state index in [0.29, 0.717) is 11.3 Å². The summed E-state index contributed by atoms with van der Waals surface area (Å²) in [6.45, 7) is 5.45. The molecule has 0 aromatic heterocycles. The van der Waals surface area contributed by atoms with Gasteiger partial charge in [-0.25, -0.2) is 4.79 Å². The van der Waals surface area contributed by atoms with Crippen molar-refractivity contribution in [1.29, 1.82) is 0 Å². The lowest BCUT2D eigenvalue weighted by Crippen LogP contribution is -2.27. The average molecular weight is 414 g/mol. The minimum absolute atomic E-state index is 0.102. The van der Waals surface area contributed by atoms with Crippen molar-refractivity contribution in [3.05, 3.63) is 102 Å². The number of amides is 1. The maximum Gasteiger partial charge on any atom is 0.412 e. The van der Waals surface area contributed by atoms with E-state index in [9.17, 15) is 9.90 Å². The summed E-state index contributed by atoms with van der Waals surface area (Å²) in [6.07, 6.45) is 2.56. The summed E-state index contributed by atoms with van der Waals surface area (Å²) in [5.41, 5.74) is 5.68. The molecule has 4 nitrogen and oxygen atoms in total. The molecule has 1 amide bonds. The van der Waals surface area contributed by atoms with Crippen LogP contribution in [0.15, 0.2) is 84.9 Å². The van der Waals surface area contributed by atoms with Crippen LogP contribution in [0.4, 0.5) is 10.5 Å². The van der Waals surface area contributed by atoms with Crippen LogP contribution in [0.2, 0.25) is 0 Å². The molecule has 3 aromatic carbocycles. The number of anilines is 1. The van der Waals surface area contributed by atoms with Gasteiger partial charge in [0.15, 0.2) is 0 Å². The molecule has 0 fully saturated rings. The number of carbonyl (C=O) groups is 1. The molecule has 1 atom stereocenters. The molecule has 0 heterocycles. The van der Waals surface area contributed by atoms with Gasteiger partial charge in [0.25, 0.3) is 0 Å². The molecule has 4 rings (SSSR count). The van der Waals surface area contributed by atoms with Crippen LogP contribution in [0.25, 0.3) is 11.1 Å². The van der Waals surface area contributed by atoms with Gasteiger partial charge in [0.2, 0.25) is 0 Å². The van der Waals surface area contributed by atoms with Gasteiger partial charge in [-0.3, -0.25) is 5.32 Å². The van der Waals surface area contributed by atoms with Gasteiger partial charge in [-0.1, -0.05) is 72.8 Å². The zero-order valence-electron chi connectivity index (χ0n) is 18.0. The Hall–Kier alpha value is -3.37. The van der Waals surface area contributed by atoms with Gasteiger partial charge in [0.1, 0.15) is 5.60 Å². The molecule has 1 unspecified atom stereocenters. The Labute approximate surface area is 183 Å². The minimum Gasteiger partial charge on any atom is -0.444 e. The topological polar surface area (TPSA) is 58.6 Å². The lowest BCUT2D eigenvalue weighted by atomic mass is 9.95. The van der Waals surface area contributed by atoms with Crippen LogP contribution < -0.4 is 5.32 Å². The second-order valence-corrected chi connectivity index (χ2v) is 8.73. The van der Waals surface area contributed by atoms with Crippen LogP contribution in [0.3, 0.4) is 0 Å². The molecular formula is C27H27NO3. The summed E-state index contributed by atoms with van der Waals surface area (Å²) in [5, 5.41) is 13.5. The number of nitrogens with one attached hydrogen (secondary N) is 1. The Balaban J connectivity index is 1.53. The lowest BCUT2D eigenvalue weighted by Gasteiger charge is -2.20. The summed E-state index contributed by atoms with van der Waals surface area (Å²) < 4.78 is 5.30. The number of aliphatic hydroxyl groups excluding tert-OH is 1. The first-order valence-electron chi connectivity index (χ1n) is 10.5. The first kappa shape index (κ1) is 20.9. The average Bonchev–Trinajstić information content (AvgIpc) is 3.04. The predicted octanol–water partition coefficient (Wildman–Crippen LogP) is 6.44. The van der Waals surface area contributed by atoms with Crippen LogP contribution >= 0.6 is 0 Å². The van der Waals surface area contributed by atoms with Crippen molar-refractivity contribution in [3.63, 3.8) is 0 Å². The van der Waals surface area contributed by atoms with Gasteiger partial charge in [-0.2, -0.15) is 0 Å². The van der Waals surface area contributed by atoms with E-state index in [1.165, 1.54) is 22.3 Å². The summed E-state index contributed by atoms with van der Waals surface area (Å²) in [4.78, 5) is 12.0. The number of fused-ring (bicyclic) bond motifs is 3. The van der Waals surface area contributed by atoms with Crippen molar-refractivity contribution in [2.45, 2.75) is 38.4 Å². The van der Waals surface area contributed by atoms with Crippen molar-refractivity contribution in [1.82, 2.24) is 0 Å². The Morgan fingerprint density at radius 2 is 1.58 bits per heavy atom. The lowest BCUT2D eigenvalue weighted by molar-refractivity contribution is 0.0636. The maximum absolute atomic E-state index is 12.0. The Morgan fingerprint density at radius 1 is 0.968 bits per heavy atom. The molecule has 31 heavy (non-hydrogen) atoms. The molecule has 3 aromatic rings. The van der Waals surface area contributed by atoms with E-state index >= 15 is 0 Å².